The molecule has 0 saturated heterocycles. The third-order valence-electron chi connectivity index (χ3n) is 3.13. The van der Waals surface area contributed by atoms with Gasteiger partial charge in [-0.1, -0.05) is 60.7 Å². The molecule has 0 aromatic heterocycles. The summed E-state index contributed by atoms with van der Waals surface area (Å²) in [6.45, 7) is 0.950. The van der Waals surface area contributed by atoms with Gasteiger partial charge in [0.15, 0.2) is 0 Å². The SMILES string of the molecule is CNC(=O)NC(COCc1ccccc1)c1ccccc1. The number of amides is 2. The molecule has 4 nitrogen and oxygen atoms in total. The predicted octanol–water partition coefficient (Wildman–Crippen LogP) is 2.87. The first-order valence-corrected chi connectivity index (χ1v) is 6.94. The van der Waals surface area contributed by atoms with Gasteiger partial charge in [-0.05, 0) is 11.1 Å². The van der Waals surface area contributed by atoms with Crippen molar-refractivity contribution in [2.75, 3.05) is 13.7 Å². The van der Waals surface area contributed by atoms with E-state index < -0.39 is 0 Å². The Bertz CT molecular complexity index is 543. The molecular weight excluding hydrogens is 264 g/mol. The third kappa shape index (κ3) is 4.93. The Balaban J connectivity index is 1.94. The largest absolute Gasteiger partial charge is 0.374 e. The Hall–Kier alpha value is -2.33. The van der Waals surface area contributed by atoms with Gasteiger partial charge in [-0.15, -0.1) is 0 Å². The fourth-order valence-corrected chi connectivity index (χ4v) is 2.01. The summed E-state index contributed by atoms with van der Waals surface area (Å²) in [5, 5.41) is 5.46. The second-order valence-corrected chi connectivity index (χ2v) is 4.69. The first kappa shape index (κ1) is 15.1. The molecule has 110 valence electrons. The smallest absolute Gasteiger partial charge is 0.315 e. The molecule has 2 N–H and O–H groups in total. The van der Waals surface area contributed by atoms with Crippen LogP contribution in [0.1, 0.15) is 17.2 Å². The van der Waals surface area contributed by atoms with Gasteiger partial charge in [-0.2, -0.15) is 0 Å². The Labute approximate surface area is 125 Å². The fraction of sp³-hybridized carbons (Fsp3) is 0.235. The predicted molar refractivity (Wildman–Crippen MR) is 82.9 cm³/mol. The van der Waals surface area contributed by atoms with E-state index in [2.05, 4.69) is 10.6 Å². The average Bonchev–Trinajstić information content (AvgIpc) is 2.55. The summed E-state index contributed by atoms with van der Waals surface area (Å²) in [6, 6.07) is 19.4. The van der Waals surface area contributed by atoms with Crippen molar-refractivity contribution in [3.63, 3.8) is 0 Å². The number of benzene rings is 2. The molecule has 1 atom stereocenters. The number of rotatable bonds is 6. The Kier molecular flexibility index (Phi) is 5.79. The maximum atomic E-state index is 11.6. The van der Waals surface area contributed by atoms with Crippen LogP contribution in [0.15, 0.2) is 60.7 Å². The van der Waals surface area contributed by atoms with Gasteiger partial charge in [0.05, 0.1) is 19.3 Å². The minimum absolute atomic E-state index is 0.171. The number of ether oxygens (including phenoxy) is 1. The number of hydrogen-bond acceptors (Lipinski definition) is 2. The van der Waals surface area contributed by atoms with Crippen LogP contribution in [-0.4, -0.2) is 19.7 Å². The van der Waals surface area contributed by atoms with Crippen molar-refractivity contribution in [2.45, 2.75) is 12.6 Å². The summed E-state index contributed by atoms with van der Waals surface area (Å²) in [5.41, 5.74) is 2.14. The molecule has 0 heterocycles. The standard InChI is InChI=1S/C17H20N2O2/c1-18-17(20)19-16(15-10-6-3-7-11-15)13-21-12-14-8-4-2-5-9-14/h2-11,16H,12-13H2,1H3,(H2,18,19,20). The van der Waals surface area contributed by atoms with E-state index in [-0.39, 0.29) is 12.1 Å². The highest BCUT2D eigenvalue weighted by molar-refractivity contribution is 5.74. The van der Waals surface area contributed by atoms with Crippen LogP contribution in [0.2, 0.25) is 0 Å². The van der Waals surface area contributed by atoms with Crippen molar-refractivity contribution < 1.29 is 9.53 Å². The zero-order valence-corrected chi connectivity index (χ0v) is 12.1. The van der Waals surface area contributed by atoms with Crippen LogP contribution in [0.25, 0.3) is 0 Å². The lowest BCUT2D eigenvalue weighted by atomic mass is 10.1. The van der Waals surface area contributed by atoms with Crippen molar-refractivity contribution in [2.24, 2.45) is 0 Å². The Morgan fingerprint density at radius 2 is 1.67 bits per heavy atom. The van der Waals surface area contributed by atoms with Gasteiger partial charge in [0.1, 0.15) is 0 Å². The summed E-state index contributed by atoms with van der Waals surface area (Å²) in [6.07, 6.45) is 0. The van der Waals surface area contributed by atoms with E-state index >= 15 is 0 Å². The van der Waals surface area contributed by atoms with Gasteiger partial charge >= 0.3 is 6.03 Å². The molecule has 0 fully saturated rings. The normalized spacial score (nSPS) is 11.7. The second kappa shape index (κ2) is 8.07. The second-order valence-electron chi connectivity index (χ2n) is 4.69. The molecule has 21 heavy (non-hydrogen) atoms. The van der Waals surface area contributed by atoms with Crippen LogP contribution in [0, 0.1) is 0 Å². The zero-order valence-electron chi connectivity index (χ0n) is 12.1. The van der Waals surface area contributed by atoms with Crippen molar-refractivity contribution in [1.82, 2.24) is 10.6 Å². The highest BCUT2D eigenvalue weighted by Gasteiger charge is 2.13. The number of hydrogen-bond donors (Lipinski definition) is 2. The van der Waals surface area contributed by atoms with E-state index in [9.17, 15) is 4.79 Å². The molecule has 0 bridgehead atoms. The molecule has 0 aliphatic carbocycles. The van der Waals surface area contributed by atoms with E-state index in [4.69, 9.17) is 4.74 Å². The first-order valence-electron chi connectivity index (χ1n) is 6.94. The van der Waals surface area contributed by atoms with E-state index in [1.54, 1.807) is 7.05 Å². The minimum Gasteiger partial charge on any atom is -0.374 e. The molecule has 2 amide bonds. The van der Waals surface area contributed by atoms with Crippen LogP contribution in [0.3, 0.4) is 0 Å². The maximum absolute atomic E-state index is 11.6. The number of carbonyl (C=O) groups excluding carboxylic acids is 1. The van der Waals surface area contributed by atoms with Crippen LogP contribution < -0.4 is 10.6 Å². The molecular formula is C17H20N2O2. The monoisotopic (exact) mass is 284 g/mol. The van der Waals surface area contributed by atoms with Crippen LogP contribution in [-0.2, 0) is 11.3 Å². The van der Waals surface area contributed by atoms with E-state index in [1.165, 1.54) is 0 Å². The summed E-state index contributed by atoms with van der Waals surface area (Å²) in [5.74, 6) is 0. The van der Waals surface area contributed by atoms with Gasteiger partial charge < -0.3 is 15.4 Å². The number of nitrogens with one attached hydrogen (secondary N) is 2. The Morgan fingerprint density at radius 3 is 2.29 bits per heavy atom. The topological polar surface area (TPSA) is 50.4 Å². The minimum atomic E-state index is -0.216. The summed E-state index contributed by atoms with van der Waals surface area (Å²) < 4.78 is 5.74. The van der Waals surface area contributed by atoms with Crippen molar-refractivity contribution >= 4 is 6.03 Å². The molecule has 2 aromatic carbocycles. The van der Waals surface area contributed by atoms with E-state index in [1.807, 2.05) is 60.7 Å². The van der Waals surface area contributed by atoms with Gasteiger partial charge in [0.2, 0.25) is 0 Å². The quantitative estimate of drug-likeness (QED) is 0.857. The van der Waals surface area contributed by atoms with Gasteiger partial charge in [0, 0.05) is 7.05 Å². The van der Waals surface area contributed by atoms with Gasteiger partial charge in [-0.3, -0.25) is 0 Å². The highest BCUT2D eigenvalue weighted by Crippen LogP contribution is 2.14. The molecule has 1 unspecified atom stereocenters. The summed E-state index contributed by atoms with van der Waals surface area (Å²) >= 11 is 0. The van der Waals surface area contributed by atoms with Crippen molar-refractivity contribution in [3.8, 4) is 0 Å². The molecule has 0 radical (unpaired) electrons. The lowest BCUT2D eigenvalue weighted by Crippen LogP contribution is -2.37. The van der Waals surface area contributed by atoms with Crippen LogP contribution >= 0.6 is 0 Å². The van der Waals surface area contributed by atoms with Crippen LogP contribution in [0.5, 0.6) is 0 Å². The summed E-state index contributed by atoms with van der Waals surface area (Å²) in [7, 11) is 1.60. The molecule has 0 spiro atoms. The molecule has 0 aliphatic heterocycles. The molecule has 0 saturated carbocycles. The van der Waals surface area contributed by atoms with Crippen molar-refractivity contribution in [3.05, 3.63) is 71.8 Å². The van der Waals surface area contributed by atoms with E-state index in [0.29, 0.717) is 13.2 Å². The molecule has 0 aliphatic rings. The lowest BCUT2D eigenvalue weighted by Gasteiger charge is -2.19. The lowest BCUT2D eigenvalue weighted by molar-refractivity contribution is 0.100. The molecule has 4 heteroatoms. The fourth-order valence-electron chi connectivity index (χ4n) is 2.01. The third-order valence-corrected chi connectivity index (χ3v) is 3.13. The molecule has 2 aromatic rings. The average molecular weight is 284 g/mol. The number of urea groups is 1. The first-order chi connectivity index (χ1) is 10.3. The molecule has 2 rings (SSSR count). The summed E-state index contributed by atoms with van der Waals surface area (Å²) in [4.78, 5) is 11.6. The van der Waals surface area contributed by atoms with Gasteiger partial charge in [0.25, 0.3) is 0 Å². The highest BCUT2D eigenvalue weighted by atomic mass is 16.5. The van der Waals surface area contributed by atoms with Crippen LogP contribution in [0.4, 0.5) is 4.79 Å². The van der Waals surface area contributed by atoms with Gasteiger partial charge in [-0.25, -0.2) is 4.79 Å². The Morgan fingerprint density at radius 1 is 1.05 bits per heavy atom. The maximum Gasteiger partial charge on any atom is 0.315 e. The van der Waals surface area contributed by atoms with Crippen molar-refractivity contribution in [1.29, 1.82) is 0 Å². The zero-order chi connectivity index (χ0) is 14.9. The number of carbonyl (C=O) groups is 1. The van der Waals surface area contributed by atoms with E-state index in [0.717, 1.165) is 11.1 Å².